The van der Waals surface area contributed by atoms with Crippen molar-refractivity contribution in [2.45, 2.75) is 33.4 Å². The highest BCUT2D eigenvalue weighted by Gasteiger charge is 2.14. The van der Waals surface area contributed by atoms with Gasteiger partial charge >= 0.3 is 5.63 Å². The van der Waals surface area contributed by atoms with E-state index in [0.29, 0.717) is 16.4 Å². The lowest BCUT2D eigenvalue weighted by atomic mass is 10.1. The summed E-state index contributed by atoms with van der Waals surface area (Å²) in [6.45, 7) is 5.88. The van der Waals surface area contributed by atoms with Crippen LogP contribution in [0, 0.1) is 20.8 Å². The lowest BCUT2D eigenvalue weighted by Gasteiger charge is -2.14. The number of hydrogen-bond donors (Lipinski definition) is 1. The van der Waals surface area contributed by atoms with E-state index < -0.39 is 11.7 Å². The van der Waals surface area contributed by atoms with Crippen molar-refractivity contribution >= 4 is 22.6 Å². The molecule has 7 heteroatoms. The molecule has 0 aliphatic heterocycles. The van der Waals surface area contributed by atoms with Crippen LogP contribution in [0.15, 0.2) is 33.5 Å². The van der Waals surface area contributed by atoms with Gasteiger partial charge in [0.1, 0.15) is 24.0 Å². The summed E-state index contributed by atoms with van der Waals surface area (Å²) in [6, 6.07) is 6.71. The quantitative estimate of drug-likeness (QED) is 0.706. The molecule has 1 N–H and O–H groups in total. The lowest BCUT2D eigenvalue weighted by Crippen LogP contribution is -2.24. The minimum Gasteiger partial charge on any atom is -0.491 e. The van der Waals surface area contributed by atoms with Crippen molar-refractivity contribution in [1.82, 2.24) is 9.78 Å². The fraction of sp³-hybridized carbons (Fsp3) is 0.333. The van der Waals surface area contributed by atoms with E-state index in [4.69, 9.17) is 20.8 Å². The van der Waals surface area contributed by atoms with Gasteiger partial charge in [0.15, 0.2) is 0 Å². The Bertz CT molecular complexity index is 977. The summed E-state index contributed by atoms with van der Waals surface area (Å²) in [5.41, 5.74) is 2.44. The van der Waals surface area contributed by atoms with Crippen LogP contribution in [0.1, 0.15) is 17.0 Å². The molecule has 0 fully saturated rings. The third kappa shape index (κ3) is 3.70. The van der Waals surface area contributed by atoms with Gasteiger partial charge in [0.2, 0.25) is 0 Å². The molecular weight excluding hydrogens is 344 g/mol. The SMILES string of the molecule is Cc1nn(C[C@H](O)COc2ccc3c(C)cc(=O)oc3c2)c(C)c1Cl. The molecule has 3 rings (SSSR count). The number of aliphatic hydroxyl groups excluding tert-OH is 1. The van der Waals surface area contributed by atoms with Gasteiger partial charge in [-0.1, -0.05) is 11.6 Å². The van der Waals surface area contributed by atoms with Crippen molar-refractivity contribution in [2.24, 2.45) is 0 Å². The molecule has 132 valence electrons. The predicted octanol–water partition coefficient (Wildman–Crippen LogP) is 3.01. The highest BCUT2D eigenvalue weighted by atomic mass is 35.5. The van der Waals surface area contributed by atoms with E-state index in [9.17, 15) is 9.90 Å². The highest BCUT2D eigenvalue weighted by molar-refractivity contribution is 6.31. The van der Waals surface area contributed by atoms with Gasteiger partial charge in [-0.05, 0) is 38.5 Å². The van der Waals surface area contributed by atoms with Crippen LogP contribution in [0.25, 0.3) is 11.0 Å². The molecule has 0 saturated carbocycles. The Balaban J connectivity index is 1.69. The minimum atomic E-state index is -0.755. The maximum absolute atomic E-state index is 11.5. The van der Waals surface area contributed by atoms with Gasteiger partial charge < -0.3 is 14.3 Å². The van der Waals surface area contributed by atoms with E-state index >= 15 is 0 Å². The Morgan fingerprint density at radius 2 is 2.08 bits per heavy atom. The fourth-order valence-electron chi connectivity index (χ4n) is 2.69. The van der Waals surface area contributed by atoms with Crippen LogP contribution < -0.4 is 10.4 Å². The van der Waals surface area contributed by atoms with Crippen LogP contribution in [-0.4, -0.2) is 27.6 Å². The normalized spacial score (nSPS) is 12.5. The second-order valence-electron chi connectivity index (χ2n) is 6.04. The molecule has 1 atom stereocenters. The monoisotopic (exact) mass is 362 g/mol. The first-order valence-electron chi connectivity index (χ1n) is 7.90. The maximum atomic E-state index is 11.5. The van der Waals surface area contributed by atoms with Crippen LogP contribution in [0.5, 0.6) is 5.75 Å². The van der Waals surface area contributed by atoms with Gasteiger partial charge in [-0.2, -0.15) is 5.10 Å². The Kier molecular flexibility index (Phi) is 4.83. The minimum absolute atomic E-state index is 0.0809. The fourth-order valence-corrected chi connectivity index (χ4v) is 2.83. The molecule has 2 aromatic heterocycles. The zero-order chi connectivity index (χ0) is 18.1. The average molecular weight is 363 g/mol. The third-order valence-corrected chi connectivity index (χ3v) is 4.59. The number of fused-ring (bicyclic) bond motifs is 1. The second kappa shape index (κ2) is 6.90. The summed E-state index contributed by atoms with van der Waals surface area (Å²) in [5.74, 6) is 0.520. The molecule has 0 spiro atoms. The van der Waals surface area contributed by atoms with Crippen LogP contribution >= 0.6 is 11.6 Å². The number of ether oxygens (including phenoxy) is 1. The van der Waals surface area contributed by atoms with Gasteiger partial charge in [-0.3, -0.25) is 4.68 Å². The van der Waals surface area contributed by atoms with Gasteiger partial charge in [-0.25, -0.2) is 4.79 Å². The van der Waals surface area contributed by atoms with E-state index in [1.807, 2.05) is 26.8 Å². The largest absolute Gasteiger partial charge is 0.491 e. The molecule has 25 heavy (non-hydrogen) atoms. The maximum Gasteiger partial charge on any atom is 0.336 e. The molecule has 3 aromatic rings. The Morgan fingerprint density at radius 3 is 2.76 bits per heavy atom. The number of halogens is 1. The van der Waals surface area contributed by atoms with Crippen molar-refractivity contribution in [3.8, 4) is 5.75 Å². The molecule has 0 bridgehead atoms. The number of benzene rings is 1. The zero-order valence-corrected chi connectivity index (χ0v) is 15.0. The zero-order valence-electron chi connectivity index (χ0n) is 14.2. The van der Waals surface area contributed by atoms with Gasteiger partial charge in [0.25, 0.3) is 0 Å². The van der Waals surface area contributed by atoms with Gasteiger partial charge in [-0.15, -0.1) is 0 Å². The van der Waals surface area contributed by atoms with Gasteiger partial charge in [0.05, 0.1) is 23.0 Å². The third-order valence-electron chi connectivity index (χ3n) is 4.04. The predicted molar refractivity (Wildman–Crippen MR) is 95.4 cm³/mol. The first-order chi connectivity index (χ1) is 11.8. The molecule has 0 aliphatic rings. The van der Waals surface area contributed by atoms with Crippen molar-refractivity contribution in [1.29, 1.82) is 0 Å². The van der Waals surface area contributed by atoms with E-state index in [1.54, 1.807) is 16.8 Å². The molecule has 0 aliphatic carbocycles. The van der Waals surface area contributed by atoms with Crippen molar-refractivity contribution < 1.29 is 14.3 Å². The molecule has 0 radical (unpaired) electrons. The number of nitrogens with zero attached hydrogens (tertiary/aromatic N) is 2. The molecular formula is C18H19ClN2O4. The summed E-state index contributed by atoms with van der Waals surface area (Å²) >= 11 is 6.10. The number of hydrogen-bond acceptors (Lipinski definition) is 5. The molecule has 1 aromatic carbocycles. The lowest BCUT2D eigenvalue weighted by molar-refractivity contribution is 0.0887. The summed E-state index contributed by atoms with van der Waals surface area (Å²) in [7, 11) is 0. The highest BCUT2D eigenvalue weighted by Crippen LogP contribution is 2.23. The summed E-state index contributed by atoms with van der Waals surface area (Å²) in [6.07, 6.45) is -0.755. The summed E-state index contributed by atoms with van der Waals surface area (Å²) < 4.78 is 12.5. The van der Waals surface area contributed by atoms with E-state index in [2.05, 4.69) is 5.10 Å². The number of aryl methyl sites for hydroxylation is 2. The van der Waals surface area contributed by atoms with Crippen LogP contribution in [0.3, 0.4) is 0 Å². The van der Waals surface area contributed by atoms with Crippen molar-refractivity contribution in [3.63, 3.8) is 0 Å². The average Bonchev–Trinajstić information content (AvgIpc) is 2.79. The standard InChI is InChI=1S/C18H19ClN2O4/c1-10-6-17(23)25-16-7-14(4-5-15(10)16)24-9-13(22)8-21-12(3)18(19)11(2)20-21/h4-7,13,22H,8-9H2,1-3H3/t13-/m0/s1. The van der Waals surface area contributed by atoms with Crippen LogP contribution in [0.2, 0.25) is 5.02 Å². The molecule has 0 amide bonds. The Morgan fingerprint density at radius 1 is 1.32 bits per heavy atom. The molecule has 0 saturated heterocycles. The first kappa shape index (κ1) is 17.5. The molecule has 6 nitrogen and oxygen atoms in total. The van der Waals surface area contributed by atoms with E-state index in [-0.39, 0.29) is 13.2 Å². The number of rotatable bonds is 5. The number of aliphatic hydroxyl groups is 1. The summed E-state index contributed by atoms with van der Waals surface area (Å²) in [5, 5.41) is 15.9. The number of aromatic nitrogens is 2. The summed E-state index contributed by atoms with van der Waals surface area (Å²) in [4.78, 5) is 11.5. The smallest absolute Gasteiger partial charge is 0.336 e. The molecule has 0 unspecified atom stereocenters. The Hall–Kier alpha value is -2.31. The molecule has 2 heterocycles. The van der Waals surface area contributed by atoms with E-state index in [1.165, 1.54) is 6.07 Å². The van der Waals surface area contributed by atoms with Gasteiger partial charge in [0, 0.05) is 17.5 Å². The van der Waals surface area contributed by atoms with Crippen molar-refractivity contribution in [2.75, 3.05) is 6.61 Å². The second-order valence-corrected chi connectivity index (χ2v) is 6.42. The topological polar surface area (TPSA) is 77.5 Å². The van der Waals surface area contributed by atoms with E-state index in [0.717, 1.165) is 22.3 Å². The Labute approximate surface area is 149 Å². The van der Waals surface area contributed by atoms with Crippen LogP contribution in [0.4, 0.5) is 0 Å². The first-order valence-corrected chi connectivity index (χ1v) is 8.28. The van der Waals surface area contributed by atoms with Crippen LogP contribution in [-0.2, 0) is 6.54 Å². The van der Waals surface area contributed by atoms with Crippen molar-refractivity contribution in [3.05, 3.63) is 56.7 Å².